The smallest absolute Gasteiger partial charge is 0.251 e. The van der Waals surface area contributed by atoms with Crippen LogP contribution in [0.25, 0.3) is 0 Å². The Morgan fingerprint density at radius 3 is 2.36 bits per heavy atom. The van der Waals surface area contributed by atoms with Crippen LogP contribution in [-0.4, -0.2) is 51.9 Å². The molecule has 0 aliphatic carbocycles. The van der Waals surface area contributed by atoms with Gasteiger partial charge in [0.1, 0.15) is 0 Å². The van der Waals surface area contributed by atoms with Gasteiger partial charge in [0.2, 0.25) is 10.0 Å². The number of piperidine rings is 1. The highest BCUT2D eigenvalue weighted by Crippen LogP contribution is 2.23. The molecule has 0 spiro atoms. The maximum atomic E-state index is 12.8. The van der Waals surface area contributed by atoms with E-state index in [0.29, 0.717) is 23.6 Å². The quantitative estimate of drug-likeness (QED) is 0.726. The van der Waals surface area contributed by atoms with E-state index in [1.165, 1.54) is 26.0 Å². The molecule has 0 saturated carbocycles. The summed E-state index contributed by atoms with van der Waals surface area (Å²) in [4.78, 5) is 15.4. The van der Waals surface area contributed by atoms with Crippen molar-refractivity contribution in [3.05, 3.63) is 28.8 Å². The SMILES string of the molecule is CNS(=O)(=O)c1cc(C(=O)NC[C@@H](C(C)C)N2CCC(C)CC2)cc(C)c1C. The Morgan fingerprint density at radius 1 is 1.21 bits per heavy atom. The summed E-state index contributed by atoms with van der Waals surface area (Å²) >= 11 is 0. The molecule has 0 aromatic heterocycles. The van der Waals surface area contributed by atoms with Crippen molar-refractivity contribution in [2.45, 2.75) is 58.4 Å². The molecule has 158 valence electrons. The third-order valence-electron chi connectivity index (χ3n) is 5.97. The zero-order valence-electron chi connectivity index (χ0n) is 18.0. The lowest BCUT2D eigenvalue weighted by atomic mass is 9.94. The van der Waals surface area contributed by atoms with Gasteiger partial charge in [-0.2, -0.15) is 0 Å². The van der Waals surface area contributed by atoms with Gasteiger partial charge in [-0.05, 0) is 81.9 Å². The fourth-order valence-electron chi connectivity index (χ4n) is 3.79. The van der Waals surface area contributed by atoms with Crippen molar-refractivity contribution in [2.24, 2.45) is 11.8 Å². The zero-order valence-corrected chi connectivity index (χ0v) is 18.8. The molecule has 1 saturated heterocycles. The van der Waals surface area contributed by atoms with Gasteiger partial charge in [-0.25, -0.2) is 13.1 Å². The van der Waals surface area contributed by atoms with E-state index in [2.05, 4.69) is 35.7 Å². The first-order valence-corrected chi connectivity index (χ1v) is 11.6. The number of nitrogens with one attached hydrogen (secondary N) is 2. The standard InChI is InChI=1S/C21H35N3O3S/c1-14(2)19(24-9-7-15(3)8-10-24)13-23-21(25)18-11-16(4)17(5)20(12-18)28(26,27)22-6/h11-12,14-15,19,22H,7-10,13H2,1-6H3,(H,23,25)/t19-/m0/s1. The van der Waals surface area contributed by atoms with Crippen LogP contribution in [0.3, 0.4) is 0 Å². The number of sulfonamides is 1. The number of aryl methyl sites for hydroxylation is 1. The molecule has 0 radical (unpaired) electrons. The predicted octanol–water partition coefficient (Wildman–Crippen LogP) is 2.70. The topological polar surface area (TPSA) is 78.5 Å². The van der Waals surface area contributed by atoms with E-state index >= 15 is 0 Å². The van der Waals surface area contributed by atoms with Gasteiger partial charge in [-0.1, -0.05) is 20.8 Å². The number of hydrogen-bond acceptors (Lipinski definition) is 4. The van der Waals surface area contributed by atoms with Crippen molar-refractivity contribution in [3.63, 3.8) is 0 Å². The van der Waals surface area contributed by atoms with Crippen molar-refractivity contribution in [2.75, 3.05) is 26.7 Å². The van der Waals surface area contributed by atoms with E-state index in [4.69, 9.17) is 0 Å². The molecule has 2 rings (SSSR count). The van der Waals surface area contributed by atoms with E-state index in [9.17, 15) is 13.2 Å². The van der Waals surface area contributed by atoms with Gasteiger partial charge in [0.25, 0.3) is 5.91 Å². The molecule has 1 fully saturated rings. The Labute approximate surface area is 170 Å². The number of carbonyl (C=O) groups excluding carboxylic acids is 1. The average Bonchev–Trinajstić information content (AvgIpc) is 2.64. The second-order valence-corrected chi connectivity index (χ2v) is 10.2. The van der Waals surface area contributed by atoms with Crippen LogP contribution in [0.1, 0.15) is 55.1 Å². The molecule has 1 heterocycles. The minimum Gasteiger partial charge on any atom is -0.350 e. The Balaban J connectivity index is 2.15. The number of rotatable bonds is 7. The van der Waals surface area contributed by atoms with Gasteiger partial charge in [-0.15, -0.1) is 0 Å². The molecule has 1 atom stereocenters. The first kappa shape index (κ1) is 22.8. The van der Waals surface area contributed by atoms with Crippen LogP contribution in [-0.2, 0) is 10.0 Å². The number of hydrogen-bond donors (Lipinski definition) is 2. The number of likely N-dealkylation sites (tertiary alicyclic amines) is 1. The number of nitrogens with zero attached hydrogens (tertiary/aromatic N) is 1. The van der Waals surface area contributed by atoms with Gasteiger partial charge < -0.3 is 5.32 Å². The highest BCUT2D eigenvalue weighted by Gasteiger charge is 2.26. The van der Waals surface area contributed by atoms with Crippen molar-refractivity contribution < 1.29 is 13.2 Å². The first-order valence-electron chi connectivity index (χ1n) is 10.1. The molecule has 28 heavy (non-hydrogen) atoms. The average molecular weight is 410 g/mol. The van der Waals surface area contributed by atoms with Crippen molar-refractivity contribution in [1.29, 1.82) is 0 Å². The van der Waals surface area contributed by atoms with Crippen LogP contribution in [0.4, 0.5) is 0 Å². The number of carbonyl (C=O) groups is 1. The van der Waals surface area contributed by atoms with Crippen LogP contribution in [0.2, 0.25) is 0 Å². The Kier molecular flexibility index (Phi) is 7.65. The molecule has 1 aromatic rings. The summed E-state index contributed by atoms with van der Waals surface area (Å²) in [5, 5.41) is 3.04. The minimum atomic E-state index is -3.61. The predicted molar refractivity (Wildman–Crippen MR) is 113 cm³/mol. The summed E-state index contributed by atoms with van der Waals surface area (Å²) in [6.45, 7) is 12.9. The van der Waals surface area contributed by atoms with Gasteiger partial charge in [0.05, 0.1) is 4.90 Å². The number of amides is 1. The maximum Gasteiger partial charge on any atom is 0.251 e. The summed E-state index contributed by atoms with van der Waals surface area (Å²) in [7, 11) is -2.23. The molecular formula is C21H35N3O3S. The van der Waals surface area contributed by atoms with Crippen LogP contribution in [0.15, 0.2) is 17.0 Å². The molecule has 0 unspecified atom stereocenters. The third-order valence-corrected chi connectivity index (χ3v) is 7.51. The largest absolute Gasteiger partial charge is 0.350 e. The summed E-state index contributed by atoms with van der Waals surface area (Å²) in [5.74, 6) is 0.960. The molecule has 1 aromatic carbocycles. The van der Waals surface area contributed by atoms with Crippen LogP contribution >= 0.6 is 0 Å². The third kappa shape index (κ3) is 5.33. The number of benzene rings is 1. The van der Waals surface area contributed by atoms with Gasteiger partial charge in [-0.3, -0.25) is 9.69 Å². The van der Waals surface area contributed by atoms with E-state index in [0.717, 1.165) is 24.6 Å². The van der Waals surface area contributed by atoms with Gasteiger partial charge in [0.15, 0.2) is 0 Å². The van der Waals surface area contributed by atoms with Crippen molar-refractivity contribution >= 4 is 15.9 Å². The summed E-state index contributed by atoms with van der Waals surface area (Å²) in [6, 6.07) is 3.51. The van der Waals surface area contributed by atoms with Gasteiger partial charge in [0, 0.05) is 18.2 Å². The second-order valence-electron chi connectivity index (χ2n) is 8.36. The highest BCUT2D eigenvalue weighted by atomic mass is 32.2. The summed E-state index contributed by atoms with van der Waals surface area (Å²) < 4.78 is 26.9. The minimum absolute atomic E-state index is 0.158. The van der Waals surface area contributed by atoms with Crippen LogP contribution in [0.5, 0.6) is 0 Å². The zero-order chi connectivity index (χ0) is 21.1. The van der Waals surface area contributed by atoms with E-state index in [-0.39, 0.29) is 16.8 Å². The summed E-state index contributed by atoms with van der Waals surface area (Å²) in [5.41, 5.74) is 1.83. The van der Waals surface area contributed by atoms with E-state index in [1.54, 1.807) is 13.0 Å². The lowest BCUT2D eigenvalue weighted by molar-refractivity contribution is 0.0862. The monoisotopic (exact) mass is 409 g/mol. The molecule has 1 aliphatic rings. The molecule has 1 aliphatic heterocycles. The fourth-order valence-corrected chi connectivity index (χ4v) is 4.86. The van der Waals surface area contributed by atoms with Crippen LogP contribution < -0.4 is 10.0 Å². The Bertz CT molecular complexity index is 797. The molecule has 6 nitrogen and oxygen atoms in total. The molecule has 2 N–H and O–H groups in total. The van der Waals surface area contributed by atoms with E-state index in [1.807, 2.05) is 6.92 Å². The van der Waals surface area contributed by atoms with Gasteiger partial charge >= 0.3 is 0 Å². The second kappa shape index (κ2) is 9.37. The lowest BCUT2D eigenvalue weighted by Crippen LogP contribution is -2.49. The molecule has 0 bridgehead atoms. The first-order chi connectivity index (χ1) is 13.1. The highest BCUT2D eigenvalue weighted by molar-refractivity contribution is 7.89. The maximum absolute atomic E-state index is 12.8. The summed E-state index contributed by atoms with van der Waals surface area (Å²) in [6.07, 6.45) is 2.39. The molecule has 1 amide bonds. The van der Waals surface area contributed by atoms with Crippen molar-refractivity contribution in [3.8, 4) is 0 Å². The Morgan fingerprint density at radius 2 is 1.82 bits per heavy atom. The lowest BCUT2D eigenvalue weighted by Gasteiger charge is -2.38. The van der Waals surface area contributed by atoms with E-state index < -0.39 is 10.0 Å². The normalized spacial score (nSPS) is 17.7. The van der Waals surface area contributed by atoms with Crippen LogP contribution in [0, 0.1) is 25.7 Å². The Hall–Kier alpha value is -1.44. The van der Waals surface area contributed by atoms with Crippen molar-refractivity contribution in [1.82, 2.24) is 14.9 Å². The molecular weight excluding hydrogens is 374 g/mol. The molecule has 7 heteroatoms. The fraction of sp³-hybridized carbons (Fsp3) is 0.667.